The SMILES string of the molecule is C[C@@H](NCCC1CN(c2cccc(OC(=O)C3CC3)c2)c2ccccc2O1)c1cccc2ccccc12. The number of para-hydroxylation sites is 2. The van der Waals surface area contributed by atoms with Gasteiger partial charge >= 0.3 is 5.97 Å². The lowest BCUT2D eigenvalue weighted by Gasteiger charge is -2.36. The third-order valence-electron chi connectivity index (χ3n) is 7.30. The van der Waals surface area contributed by atoms with Gasteiger partial charge in [0, 0.05) is 17.8 Å². The Balaban J connectivity index is 1.15. The number of hydrogen-bond acceptors (Lipinski definition) is 5. The van der Waals surface area contributed by atoms with E-state index in [1.54, 1.807) is 0 Å². The number of anilines is 2. The maximum absolute atomic E-state index is 12.2. The number of rotatable bonds is 8. The molecule has 0 saturated heterocycles. The van der Waals surface area contributed by atoms with E-state index in [1.165, 1.54) is 16.3 Å². The summed E-state index contributed by atoms with van der Waals surface area (Å²) >= 11 is 0. The third-order valence-corrected chi connectivity index (χ3v) is 7.30. The van der Waals surface area contributed by atoms with Crippen LogP contribution < -0.4 is 19.7 Å². The van der Waals surface area contributed by atoms with Gasteiger partial charge in [-0.05, 0) is 73.3 Å². The summed E-state index contributed by atoms with van der Waals surface area (Å²) in [7, 11) is 0. The van der Waals surface area contributed by atoms with Gasteiger partial charge in [0.2, 0.25) is 0 Å². The van der Waals surface area contributed by atoms with Crippen molar-refractivity contribution in [2.45, 2.75) is 38.3 Å². The number of esters is 1. The fourth-order valence-electron chi connectivity index (χ4n) is 5.13. The highest BCUT2D eigenvalue weighted by Crippen LogP contribution is 2.40. The van der Waals surface area contributed by atoms with Gasteiger partial charge in [-0.25, -0.2) is 0 Å². The second-order valence-corrected chi connectivity index (χ2v) is 10.0. The van der Waals surface area contributed by atoms with Crippen molar-refractivity contribution < 1.29 is 14.3 Å². The number of nitrogens with zero attached hydrogens (tertiary/aromatic N) is 1. The number of fused-ring (bicyclic) bond motifs is 2. The molecule has 0 spiro atoms. The van der Waals surface area contributed by atoms with Crippen molar-refractivity contribution in [2.24, 2.45) is 5.92 Å². The molecule has 1 aliphatic heterocycles. The highest BCUT2D eigenvalue weighted by atomic mass is 16.5. The lowest BCUT2D eigenvalue weighted by Crippen LogP contribution is -2.39. The Bertz CT molecular complexity index is 1410. The summed E-state index contributed by atoms with van der Waals surface area (Å²) in [5, 5.41) is 6.27. The predicted octanol–water partition coefficient (Wildman–Crippen LogP) is 6.80. The fraction of sp³-hybridized carbons (Fsp3) is 0.281. The van der Waals surface area contributed by atoms with Crippen LogP contribution in [0, 0.1) is 5.92 Å². The summed E-state index contributed by atoms with van der Waals surface area (Å²) < 4.78 is 12.1. The smallest absolute Gasteiger partial charge is 0.314 e. The second kappa shape index (κ2) is 10.3. The molecule has 0 bridgehead atoms. The van der Waals surface area contributed by atoms with Crippen LogP contribution in [0.2, 0.25) is 0 Å². The first-order valence-electron chi connectivity index (χ1n) is 13.2. The molecule has 0 radical (unpaired) electrons. The van der Waals surface area contributed by atoms with Crippen LogP contribution in [0.3, 0.4) is 0 Å². The van der Waals surface area contributed by atoms with Crippen molar-refractivity contribution in [2.75, 3.05) is 18.0 Å². The van der Waals surface area contributed by atoms with Gasteiger partial charge in [-0.2, -0.15) is 0 Å². The van der Waals surface area contributed by atoms with Gasteiger partial charge in [-0.1, -0.05) is 60.7 Å². The van der Waals surface area contributed by atoms with Crippen molar-refractivity contribution in [3.05, 3.63) is 96.6 Å². The Morgan fingerprint density at radius 1 is 1.00 bits per heavy atom. The molecule has 4 aromatic carbocycles. The van der Waals surface area contributed by atoms with Crippen LogP contribution in [0.1, 0.15) is 37.8 Å². The fourth-order valence-corrected chi connectivity index (χ4v) is 5.13. The summed E-state index contributed by atoms with van der Waals surface area (Å²) in [6, 6.07) is 31.2. The first-order chi connectivity index (χ1) is 18.2. The molecule has 1 aliphatic carbocycles. The van der Waals surface area contributed by atoms with Gasteiger partial charge in [-0.15, -0.1) is 0 Å². The Morgan fingerprint density at radius 2 is 1.78 bits per heavy atom. The van der Waals surface area contributed by atoms with Gasteiger partial charge in [0.05, 0.1) is 18.2 Å². The Hall–Kier alpha value is -3.83. The first kappa shape index (κ1) is 23.6. The minimum atomic E-state index is -0.121. The molecule has 1 heterocycles. The first-order valence-corrected chi connectivity index (χ1v) is 13.2. The highest BCUT2D eigenvalue weighted by Gasteiger charge is 2.32. The van der Waals surface area contributed by atoms with E-state index in [9.17, 15) is 4.79 Å². The Labute approximate surface area is 218 Å². The zero-order valence-corrected chi connectivity index (χ0v) is 21.1. The van der Waals surface area contributed by atoms with E-state index in [0.29, 0.717) is 5.75 Å². The van der Waals surface area contributed by atoms with Gasteiger partial charge < -0.3 is 19.7 Å². The second-order valence-electron chi connectivity index (χ2n) is 10.0. The largest absolute Gasteiger partial charge is 0.486 e. The van der Waals surface area contributed by atoms with E-state index in [-0.39, 0.29) is 24.0 Å². The van der Waals surface area contributed by atoms with Crippen LogP contribution in [0.5, 0.6) is 11.5 Å². The van der Waals surface area contributed by atoms with Crippen LogP contribution in [0.25, 0.3) is 10.8 Å². The molecular formula is C32H32N2O3. The van der Waals surface area contributed by atoms with Crippen LogP contribution in [-0.4, -0.2) is 25.2 Å². The van der Waals surface area contributed by atoms with Crippen molar-refractivity contribution in [1.29, 1.82) is 0 Å². The number of nitrogens with one attached hydrogen (secondary N) is 1. The molecule has 1 unspecified atom stereocenters. The molecule has 2 atom stereocenters. The number of ether oxygens (including phenoxy) is 2. The summed E-state index contributed by atoms with van der Waals surface area (Å²) in [6.45, 7) is 3.78. The lowest BCUT2D eigenvalue weighted by molar-refractivity contribution is -0.135. The maximum Gasteiger partial charge on any atom is 0.314 e. The van der Waals surface area contributed by atoms with E-state index < -0.39 is 0 Å². The number of hydrogen-bond donors (Lipinski definition) is 1. The Kier molecular flexibility index (Phi) is 6.54. The number of carbonyl (C=O) groups is 1. The van der Waals surface area contributed by atoms with Crippen molar-refractivity contribution in [1.82, 2.24) is 5.32 Å². The van der Waals surface area contributed by atoms with Crippen LogP contribution >= 0.6 is 0 Å². The standard InChI is InChI=1S/C32H32N2O3/c1-22(28-13-6-9-23-8-2-3-12-29(23)28)33-19-18-27-21-34(30-14-4-5-15-31(30)36-27)25-10-7-11-26(20-25)37-32(35)24-16-17-24/h2-15,20,22,24,27,33H,16-19,21H2,1H3/t22-,27?/m1/s1. The van der Waals surface area contributed by atoms with Crippen LogP contribution in [0.4, 0.5) is 11.4 Å². The molecule has 5 nitrogen and oxygen atoms in total. The molecule has 0 amide bonds. The van der Waals surface area contributed by atoms with E-state index in [4.69, 9.17) is 9.47 Å². The predicted molar refractivity (Wildman–Crippen MR) is 148 cm³/mol. The van der Waals surface area contributed by atoms with E-state index in [1.807, 2.05) is 36.4 Å². The van der Waals surface area contributed by atoms with Gasteiger partial charge in [0.15, 0.2) is 0 Å². The molecule has 188 valence electrons. The van der Waals surface area contributed by atoms with Crippen molar-refractivity contribution >= 4 is 28.1 Å². The molecule has 37 heavy (non-hydrogen) atoms. The quantitative estimate of drug-likeness (QED) is 0.217. The van der Waals surface area contributed by atoms with Gasteiger partial charge in [-0.3, -0.25) is 4.79 Å². The van der Waals surface area contributed by atoms with Crippen LogP contribution in [0.15, 0.2) is 91.0 Å². The molecule has 2 aliphatic rings. The average Bonchev–Trinajstić information content (AvgIpc) is 3.78. The lowest BCUT2D eigenvalue weighted by atomic mass is 9.99. The molecule has 0 aromatic heterocycles. The zero-order valence-electron chi connectivity index (χ0n) is 21.1. The van der Waals surface area contributed by atoms with E-state index in [0.717, 1.165) is 49.5 Å². The summed E-state index contributed by atoms with van der Waals surface area (Å²) in [5.74, 6) is 1.42. The van der Waals surface area contributed by atoms with Gasteiger partial charge in [0.1, 0.15) is 17.6 Å². The topological polar surface area (TPSA) is 50.8 Å². The molecule has 1 fully saturated rings. The molecule has 5 heteroatoms. The summed E-state index contributed by atoms with van der Waals surface area (Å²) in [4.78, 5) is 14.5. The average molecular weight is 493 g/mol. The monoisotopic (exact) mass is 492 g/mol. The number of benzene rings is 4. The minimum absolute atomic E-state index is 0.0276. The van der Waals surface area contributed by atoms with Crippen LogP contribution in [-0.2, 0) is 4.79 Å². The van der Waals surface area contributed by atoms with E-state index >= 15 is 0 Å². The number of carbonyl (C=O) groups excluding carboxylic acids is 1. The molecule has 1 saturated carbocycles. The van der Waals surface area contributed by atoms with E-state index in [2.05, 4.69) is 71.7 Å². The zero-order chi connectivity index (χ0) is 25.2. The molecule has 1 N–H and O–H groups in total. The summed E-state index contributed by atoms with van der Waals surface area (Å²) in [6.07, 6.45) is 2.77. The van der Waals surface area contributed by atoms with Gasteiger partial charge in [0.25, 0.3) is 0 Å². The third kappa shape index (κ3) is 5.18. The molecule has 6 rings (SSSR count). The highest BCUT2D eigenvalue weighted by molar-refractivity contribution is 5.86. The van der Waals surface area contributed by atoms with Crippen molar-refractivity contribution in [3.63, 3.8) is 0 Å². The van der Waals surface area contributed by atoms with Crippen molar-refractivity contribution in [3.8, 4) is 11.5 Å². The molecule has 4 aromatic rings. The maximum atomic E-state index is 12.2. The molecular weight excluding hydrogens is 460 g/mol. The minimum Gasteiger partial charge on any atom is -0.486 e. The normalized spacial score (nSPS) is 17.6. The summed E-state index contributed by atoms with van der Waals surface area (Å²) in [5.41, 5.74) is 3.34. The Morgan fingerprint density at radius 3 is 2.68 bits per heavy atom.